The summed E-state index contributed by atoms with van der Waals surface area (Å²) in [5.41, 5.74) is -2.19. The third kappa shape index (κ3) is 4.78. The average Bonchev–Trinajstić information content (AvgIpc) is 3.52. The van der Waals surface area contributed by atoms with Crippen molar-refractivity contribution >= 4 is 27.5 Å². The minimum Gasteiger partial charge on any atom is -0.497 e. The predicted molar refractivity (Wildman–Crippen MR) is 116 cm³/mol. The first-order valence-electron chi connectivity index (χ1n) is 10.1. The summed E-state index contributed by atoms with van der Waals surface area (Å²) in [6.45, 7) is -0.577. The minimum absolute atomic E-state index is 0.0184. The van der Waals surface area contributed by atoms with Gasteiger partial charge in [0.25, 0.3) is 5.91 Å². The number of nitrogens with zero attached hydrogens (tertiary/aromatic N) is 3. The van der Waals surface area contributed by atoms with Gasteiger partial charge in [-0.25, -0.2) is 18.1 Å². The highest BCUT2D eigenvalue weighted by Crippen LogP contribution is 2.57. The summed E-state index contributed by atoms with van der Waals surface area (Å²) in [7, 11) is -2.87. The van der Waals surface area contributed by atoms with E-state index >= 15 is 0 Å². The van der Waals surface area contributed by atoms with Crippen LogP contribution in [0, 0.1) is 5.41 Å². The molecule has 4 rings (SSSR count). The average molecular weight is 531 g/mol. The molecule has 0 saturated heterocycles. The first-order valence-corrected chi connectivity index (χ1v) is 11.9. The largest absolute Gasteiger partial charge is 0.497 e. The van der Waals surface area contributed by atoms with Crippen LogP contribution in [0.1, 0.15) is 23.2 Å². The number of nitrogens with one attached hydrogen (secondary N) is 1. The number of methoxy groups -OCH3 is 1. The highest BCUT2D eigenvalue weighted by molar-refractivity contribution is 7.91. The number of carbonyl (C=O) groups is 1. The number of benzene rings is 1. The Morgan fingerprint density at radius 3 is 2.43 bits per heavy atom. The third-order valence-corrected chi connectivity index (χ3v) is 7.44. The molecule has 3 aromatic rings. The lowest BCUT2D eigenvalue weighted by Crippen LogP contribution is -2.30. The van der Waals surface area contributed by atoms with Crippen molar-refractivity contribution in [3.05, 3.63) is 54.2 Å². The van der Waals surface area contributed by atoms with Crippen LogP contribution in [0.5, 0.6) is 11.6 Å². The van der Waals surface area contributed by atoms with Crippen molar-refractivity contribution in [2.45, 2.75) is 28.9 Å². The molecule has 1 N–H and O–H groups in total. The molecule has 0 bridgehead atoms. The van der Waals surface area contributed by atoms with Gasteiger partial charge in [-0.1, -0.05) is 0 Å². The van der Waals surface area contributed by atoms with E-state index in [4.69, 9.17) is 21.3 Å². The van der Waals surface area contributed by atoms with Crippen LogP contribution in [0.3, 0.4) is 0 Å². The van der Waals surface area contributed by atoms with Crippen LogP contribution >= 0.6 is 11.8 Å². The van der Waals surface area contributed by atoms with E-state index in [1.807, 2.05) is 4.84 Å². The molecule has 2 heterocycles. The van der Waals surface area contributed by atoms with Gasteiger partial charge in [-0.2, -0.15) is 13.2 Å². The van der Waals surface area contributed by atoms with E-state index in [2.05, 4.69) is 10.1 Å². The summed E-state index contributed by atoms with van der Waals surface area (Å²) in [6, 6.07) is 9.28. The van der Waals surface area contributed by atoms with E-state index in [9.17, 15) is 26.4 Å². The van der Waals surface area contributed by atoms with Gasteiger partial charge in [-0.05, 0) is 49.2 Å². The van der Waals surface area contributed by atoms with Crippen molar-refractivity contribution in [2.24, 2.45) is 5.41 Å². The fourth-order valence-corrected chi connectivity index (χ4v) is 4.72. The van der Waals surface area contributed by atoms with Crippen LogP contribution in [0.25, 0.3) is 5.82 Å². The quantitative estimate of drug-likeness (QED) is 0.442. The standard InChI is InChI=1S/C21H18ClF3N4O5S/c1-33-13-2-4-14(5-3-13)35(31,32)19-15(18(30)27-22)6-7-16(26-19)29-11-8-17(28-29)34-12-20(9-10-20)21(23,24)25/h2-8,11H,9-10,12H2,1H3,(H,27,30). The van der Waals surface area contributed by atoms with Gasteiger partial charge in [0, 0.05) is 24.0 Å². The number of aromatic nitrogens is 3. The molecule has 0 radical (unpaired) electrons. The van der Waals surface area contributed by atoms with Crippen LogP contribution < -0.4 is 14.3 Å². The smallest absolute Gasteiger partial charge is 0.397 e. The van der Waals surface area contributed by atoms with E-state index in [-0.39, 0.29) is 35.0 Å². The Hall–Kier alpha value is -3.32. The first kappa shape index (κ1) is 24.8. The van der Waals surface area contributed by atoms with Crippen molar-refractivity contribution in [1.29, 1.82) is 0 Å². The van der Waals surface area contributed by atoms with Gasteiger partial charge in [0.05, 0.1) is 17.6 Å². The number of sulfone groups is 1. The van der Waals surface area contributed by atoms with E-state index in [1.54, 1.807) is 0 Å². The predicted octanol–water partition coefficient (Wildman–Crippen LogP) is 3.71. The fraction of sp³-hybridized carbons (Fsp3) is 0.286. The Kier molecular flexibility index (Phi) is 6.40. The number of halogens is 4. The minimum atomic E-state index is -4.37. The number of ether oxygens (including phenoxy) is 2. The molecule has 1 aliphatic carbocycles. The lowest BCUT2D eigenvalue weighted by molar-refractivity contribution is -0.194. The zero-order valence-corrected chi connectivity index (χ0v) is 19.6. The van der Waals surface area contributed by atoms with Gasteiger partial charge in [-0.15, -0.1) is 5.10 Å². The molecule has 1 amide bonds. The van der Waals surface area contributed by atoms with Gasteiger partial charge in [-0.3, -0.25) is 9.63 Å². The molecule has 0 atom stereocenters. The molecule has 14 heteroatoms. The molecule has 35 heavy (non-hydrogen) atoms. The molecule has 0 unspecified atom stereocenters. The van der Waals surface area contributed by atoms with Crippen LogP contribution in [0.4, 0.5) is 13.2 Å². The maximum atomic E-state index is 13.3. The Bertz CT molecular complexity index is 1360. The maximum Gasteiger partial charge on any atom is 0.397 e. The van der Waals surface area contributed by atoms with Crippen molar-refractivity contribution in [1.82, 2.24) is 19.6 Å². The second kappa shape index (κ2) is 9.04. The number of rotatable bonds is 8. The topological polar surface area (TPSA) is 112 Å². The van der Waals surface area contributed by atoms with Gasteiger partial charge in [0.15, 0.2) is 10.8 Å². The molecule has 1 saturated carbocycles. The number of alkyl halides is 3. The molecule has 2 aromatic heterocycles. The molecule has 1 aromatic carbocycles. The molecule has 1 fully saturated rings. The number of hydrogen-bond acceptors (Lipinski definition) is 7. The Labute approximate surface area is 202 Å². The maximum absolute atomic E-state index is 13.3. The van der Waals surface area contributed by atoms with Crippen LogP contribution in [-0.2, 0) is 9.84 Å². The number of carbonyl (C=O) groups excluding carboxylic acids is 1. The monoisotopic (exact) mass is 530 g/mol. The lowest BCUT2D eigenvalue weighted by atomic mass is 10.1. The molecule has 0 aliphatic heterocycles. The summed E-state index contributed by atoms with van der Waals surface area (Å²) in [5.74, 6) is -0.587. The van der Waals surface area contributed by atoms with Crippen LogP contribution in [0.15, 0.2) is 58.6 Å². The molecule has 9 nitrogen and oxygen atoms in total. The zero-order valence-electron chi connectivity index (χ0n) is 18.0. The molecule has 1 aliphatic rings. The molecule has 0 spiro atoms. The van der Waals surface area contributed by atoms with Crippen LogP contribution in [-0.4, -0.2) is 49.0 Å². The highest BCUT2D eigenvalue weighted by Gasteiger charge is 2.64. The Morgan fingerprint density at radius 2 is 1.86 bits per heavy atom. The van der Waals surface area contributed by atoms with Gasteiger partial charge >= 0.3 is 6.18 Å². The van der Waals surface area contributed by atoms with Crippen molar-refractivity contribution < 1.29 is 35.9 Å². The molecular weight excluding hydrogens is 513 g/mol. The lowest BCUT2D eigenvalue weighted by Gasteiger charge is -2.18. The number of pyridine rings is 1. The molecule has 186 valence electrons. The summed E-state index contributed by atoms with van der Waals surface area (Å²) in [6.07, 6.45) is -3.07. The van der Waals surface area contributed by atoms with Crippen molar-refractivity contribution in [3.8, 4) is 17.4 Å². The number of amides is 1. The second-order valence-electron chi connectivity index (χ2n) is 7.79. The summed E-state index contributed by atoms with van der Waals surface area (Å²) >= 11 is 5.41. The summed E-state index contributed by atoms with van der Waals surface area (Å²) < 4.78 is 77.3. The second-order valence-corrected chi connectivity index (χ2v) is 9.84. The van der Waals surface area contributed by atoms with E-state index in [1.165, 1.54) is 55.8 Å². The van der Waals surface area contributed by atoms with E-state index in [0.29, 0.717) is 5.75 Å². The van der Waals surface area contributed by atoms with Gasteiger partial charge < -0.3 is 9.47 Å². The first-order chi connectivity index (χ1) is 16.5. The fourth-order valence-electron chi connectivity index (χ4n) is 3.24. The van der Waals surface area contributed by atoms with E-state index in [0.717, 1.165) is 4.68 Å². The van der Waals surface area contributed by atoms with E-state index < -0.39 is 39.0 Å². The van der Waals surface area contributed by atoms with Crippen LogP contribution in [0.2, 0.25) is 0 Å². The number of hydrogen-bond donors (Lipinski definition) is 1. The van der Waals surface area contributed by atoms with Gasteiger partial charge in [0.1, 0.15) is 17.8 Å². The highest BCUT2D eigenvalue weighted by atomic mass is 35.5. The Morgan fingerprint density at radius 1 is 1.17 bits per heavy atom. The Balaban J connectivity index is 1.66. The van der Waals surface area contributed by atoms with Gasteiger partial charge in [0.2, 0.25) is 15.7 Å². The zero-order chi connectivity index (χ0) is 25.4. The summed E-state index contributed by atoms with van der Waals surface area (Å²) in [4.78, 5) is 18.0. The normalized spacial score (nSPS) is 14.9. The van der Waals surface area contributed by atoms with Crippen molar-refractivity contribution in [2.75, 3.05) is 13.7 Å². The van der Waals surface area contributed by atoms with Crippen molar-refractivity contribution in [3.63, 3.8) is 0 Å². The molecular formula is C21H18ClF3N4O5S. The SMILES string of the molecule is COc1ccc(S(=O)(=O)c2nc(-n3ccc(OCC4(C(F)(F)F)CC4)n3)ccc2C(=O)NCl)cc1. The third-order valence-electron chi connectivity index (χ3n) is 5.55. The summed E-state index contributed by atoms with van der Waals surface area (Å²) in [5, 5.41) is 3.44.